The molecule has 0 saturated carbocycles. The molecule has 0 bridgehead atoms. The van der Waals surface area contributed by atoms with E-state index in [1.54, 1.807) is 14.0 Å². The Morgan fingerprint density at radius 1 is 1.30 bits per heavy atom. The number of hydrogen-bond donors (Lipinski definition) is 1. The van der Waals surface area contributed by atoms with Gasteiger partial charge in [0.25, 0.3) is 15.8 Å². The Morgan fingerprint density at radius 2 is 2.06 bits per heavy atom. The molecule has 1 heterocycles. The van der Waals surface area contributed by atoms with Crippen molar-refractivity contribution >= 4 is 15.8 Å². The third-order valence-corrected chi connectivity index (χ3v) is 6.67. The van der Waals surface area contributed by atoms with Gasteiger partial charge in [-0.1, -0.05) is 25.5 Å². The number of methoxy groups -OCH3 is 1. The van der Waals surface area contributed by atoms with Crippen LogP contribution in [0.1, 0.15) is 61.2 Å². The lowest BCUT2D eigenvalue weighted by molar-refractivity contribution is -0.385. The highest BCUT2D eigenvalue weighted by molar-refractivity contribution is 7.85. The molecule has 2 unspecified atom stereocenters. The second-order valence-electron chi connectivity index (χ2n) is 7.97. The van der Waals surface area contributed by atoms with E-state index >= 15 is 0 Å². The Hall–Kier alpha value is -2.53. The minimum atomic E-state index is -4.60. The van der Waals surface area contributed by atoms with Gasteiger partial charge in [0.05, 0.1) is 24.7 Å². The molecule has 0 spiro atoms. The molecule has 0 radical (unpaired) electrons. The molecule has 10 heteroatoms. The van der Waals surface area contributed by atoms with Crippen LogP contribution in [-0.4, -0.2) is 38.2 Å². The number of nitro groups is 1. The number of aryl methyl sites for hydroxylation is 2. The van der Waals surface area contributed by atoms with Crippen LogP contribution >= 0.6 is 0 Å². The van der Waals surface area contributed by atoms with Crippen LogP contribution in [0.15, 0.2) is 35.2 Å². The Labute approximate surface area is 193 Å². The number of benzene rings is 2. The number of rotatable bonds is 9. The lowest BCUT2D eigenvalue weighted by Gasteiger charge is -2.24. The largest absolute Gasteiger partial charge is 0.496 e. The Bertz CT molecular complexity index is 1120. The van der Waals surface area contributed by atoms with Gasteiger partial charge in [-0.25, -0.2) is 0 Å². The normalized spacial score (nSPS) is 17.2. The molecular weight excluding hydrogens is 450 g/mol. The van der Waals surface area contributed by atoms with Crippen molar-refractivity contribution in [2.24, 2.45) is 0 Å². The molecule has 2 atom stereocenters. The standard InChI is InChI=1S/C23H29NO8S/c1-4-6-17-9-8-16-7-5-12-31-20(22(16)23(17)30-3)14-32-15(2)19-13-18(24(25)26)10-11-21(19)33(27,28)29/h8-11,13,15,20H,4-7,12,14H2,1-3H3,(H,27,28,29). The second kappa shape index (κ2) is 10.6. The highest BCUT2D eigenvalue weighted by Crippen LogP contribution is 2.39. The highest BCUT2D eigenvalue weighted by atomic mass is 32.2. The SMILES string of the molecule is CCCc1ccc2c(c1OC)C(COC(C)c1cc([N+](=O)[O-])ccc1S(=O)(=O)O)OCCC2. The van der Waals surface area contributed by atoms with Gasteiger partial charge in [0.15, 0.2) is 0 Å². The van der Waals surface area contributed by atoms with Crippen LogP contribution in [0.4, 0.5) is 5.69 Å². The van der Waals surface area contributed by atoms with Crippen molar-refractivity contribution < 1.29 is 32.1 Å². The van der Waals surface area contributed by atoms with Gasteiger partial charge in [-0.3, -0.25) is 14.7 Å². The van der Waals surface area contributed by atoms with Crippen LogP contribution in [-0.2, 0) is 32.4 Å². The van der Waals surface area contributed by atoms with Crippen molar-refractivity contribution in [2.45, 2.75) is 56.6 Å². The van der Waals surface area contributed by atoms with Gasteiger partial charge >= 0.3 is 0 Å². The molecular formula is C23H29NO8S. The fraction of sp³-hybridized carbons (Fsp3) is 0.478. The van der Waals surface area contributed by atoms with E-state index in [1.165, 1.54) is 0 Å². The van der Waals surface area contributed by atoms with Gasteiger partial charge < -0.3 is 14.2 Å². The zero-order valence-corrected chi connectivity index (χ0v) is 19.8. The lowest BCUT2D eigenvalue weighted by atomic mass is 9.94. The molecule has 33 heavy (non-hydrogen) atoms. The number of nitrogens with zero attached hydrogens (tertiary/aromatic N) is 1. The van der Waals surface area contributed by atoms with E-state index < -0.39 is 32.1 Å². The Morgan fingerprint density at radius 3 is 2.70 bits per heavy atom. The minimum absolute atomic E-state index is 0.00671. The molecule has 0 amide bonds. The summed E-state index contributed by atoms with van der Waals surface area (Å²) < 4.78 is 51.0. The summed E-state index contributed by atoms with van der Waals surface area (Å²) in [7, 11) is -2.97. The summed E-state index contributed by atoms with van der Waals surface area (Å²) in [5, 5.41) is 11.2. The zero-order valence-electron chi connectivity index (χ0n) is 18.9. The number of fused-ring (bicyclic) bond motifs is 1. The molecule has 0 fully saturated rings. The van der Waals surface area contributed by atoms with Crippen LogP contribution in [0.2, 0.25) is 0 Å². The van der Waals surface area contributed by atoms with E-state index in [4.69, 9.17) is 14.2 Å². The van der Waals surface area contributed by atoms with Crippen molar-refractivity contribution in [3.05, 3.63) is 62.7 Å². The second-order valence-corrected chi connectivity index (χ2v) is 9.36. The zero-order chi connectivity index (χ0) is 24.2. The topological polar surface area (TPSA) is 125 Å². The Kier molecular flexibility index (Phi) is 8.06. The number of hydrogen-bond acceptors (Lipinski definition) is 7. The van der Waals surface area contributed by atoms with Crippen molar-refractivity contribution in [2.75, 3.05) is 20.3 Å². The molecule has 9 nitrogen and oxygen atoms in total. The molecule has 1 aliphatic heterocycles. The van der Waals surface area contributed by atoms with Crippen molar-refractivity contribution in [1.29, 1.82) is 0 Å². The highest BCUT2D eigenvalue weighted by Gasteiger charge is 2.28. The van der Waals surface area contributed by atoms with Gasteiger partial charge in [-0.05, 0) is 43.4 Å². The van der Waals surface area contributed by atoms with Crippen LogP contribution in [0.25, 0.3) is 0 Å². The summed E-state index contributed by atoms with van der Waals surface area (Å²) in [5.74, 6) is 0.770. The quantitative estimate of drug-likeness (QED) is 0.315. The van der Waals surface area contributed by atoms with E-state index in [0.29, 0.717) is 6.61 Å². The molecule has 1 N–H and O–H groups in total. The summed E-state index contributed by atoms with van der Waals surface area (Å²) in [6.45, 7) is 4.27. The first-order valence-corrected chi connectivity index (χ1v) is 12.3. The van der Waals surface area contributed by atoms with Gasteiger partial charge in [-0.15, -0.1) is 0 Å². The lowest BCUT2D eigenvalue weighted by Crippen LogP contribution is -2.17. The van der Waals surface area contributed by atoms with Crippen LogP contribution in [0, 0.1) is 10.1 Å². The van der Waals surface area contributed by atoms with E-state index in [-0.39, 0.29) is 17.9 Å². The third kappa shape index (κ3) is 5.70. The van der Waals surface area contributed by atoms with Crippen LogP contribution in [0.3, 0.4) is 0 Å². The van der Waals surface area contributed by atoms with Gasteiger partial charge in [0.2, 0.25) is 0 Å². The molecule has 2 aromatic rings. The number of nitro benzene ring substituents is 1. The van der Waals surface area contributed by atoms with Gasteiger partial charge in [0.1, 0.15) is 16.7 Å². The van der Waals surface area contributed by atoms with Crippen LogP contribution in [0.5, 0.6) is 5.75 Å². The van der Waals surface area contributed by atoms with E-state index in [0.717, 1.165) is 66.3 Å². The number of ether oxygens (including phenoxy) is 3. The summed E-state index contributed by atoms with van der Waals surface area (Å²) in [6.07, 6.45) is 2.17. The predicted molar refractivity (Wildman–Crippen MR) is 121 cm³/mol. The summed E-state index contributed by atoms with van der Waals surface area (Å²) in [5.41, 5.74) is 2.82. The fourth-order valence-corrected chi connectivity index (χ4v) is 4.95. The molecule has 3 rings (SSSR count). The first kappa shape index (κ1) is 25.1. The van der Waals surface area contributed by atoms with Crippen molar-refractivity contribution in [3.8, 4) is 5.75 Å². The van der Waals surface area contributed by atoms with Crippen molar-refractivity contribution in [1.82, 2.24) is 0 Å². The maximum absolute atomic E-state index is 11.8. The molecule has 1 aliphatic rings. The molecule has 0 aromatic heterocycles. The van der Waals surface area contributed by atoms with Crippen molar-refractivity contribution in [3.63, 3.8) is 0 Å². The minimum Gasteiger partial charge on any atom is -0.496 e. The fourth-order valence-electron chi connectivity index (χ4n) is 4.19. The number of non-ortho nitro benzene ring substituents is 1. The maximum atomic E-state index is 11.8. The Balaban J connectivity index is 1.93. The molecule has 0 aliphatic carbocycles. The summed E-state index contributed by atoms with van der Waals surface area (Å²) >= 11 is 0. The molecule has 180 valence electrons. The maximum Gasteiger partial charge on any atom is 0.294 e. The predicted octanol–water partition coefficient (Wildman–Crippen LogP) is 4.58. The molecule has 2 aromatic carbocycles. The average molecular weight is 480 g/mol. The third-order valence-electron chi connectivity index (χ3n) is 5.74. The first-order valence-electron chi connectivity index (χ1n) is 10.8. The summed E-state index contributed by atoms with van der Waals surface area (Å²) in [4.78, 5) is 10.1. The monoisotopic (exact) mass is 479 g/mol. The average Bonchev–Trinajstić information content (AvgIpc) is 2.98. The van der Waals surface area contributed by atoms with E-state index in [2.05, 4.69) is 19.1 Å². The van der Waals surface area contributed by atoms with E-state index in [9.17, 15) is 23.1 Å². The van der Waals surface area contributed by atoms with Gasteiger partial charge in [-0.2, -0.15) is 8.42 Å². The molecule has 0 saturated heterocycles. The summed E-state index contributed by atoms with van der Waals surface area (Å²) in [6, 6.07) is 7.32. The van der Waals surface area contributed by atoms with Gasteiger partial charge in [0, 0.05) is 29.9 Å². The first-order chi connectivity index (χ1) is 15.7. The van der Waals surface area contributed by atoms with Crippen LogP contribution < -0.4 is 4.74 Å². The van der Waals surface area contributed by atoms with E-state index in [1.807, 2.05) is 0 Å². The smallest absolute Gasteiger partial charge is 0.294 e.